The van der Waals surface area contributed by atoms with Crippen LogP contribution in [0.4, 0.5) is 5.69 Å². The molecule has 158 valence electrons. The quantitative estimate of drug-likeness (QED) is 0.299. The lowest BCUT2D eigenvalue weighted by Gasteiger charge is -2.09. The minimum absolute atomic E-state index is 0.238. The highest BCUT2D eigenvalue weighted by Gasteiger charge is 2.10. The van der Waals surface area contributed by atoms with Crippen molar-refractivity contribution in [2.24, 2.45) is 5.10 Å². The van der Waals surface area contributed by atoms with Crippen molar-refractivity contribution in [2.45, 2.75) is 6.92 Å². The molecule has 4 aromatic rings. The summed E-state index contributed by atoms with van der Waals surface area (Å²) in [6, 6.07) is 27.2. The number of hydrazone groups is 1. The second-order valence-electron chi connectivity index (χ2n) is 7.21. The minimum Gasteiger partial charge on any atom is -0.322 e. The van der Waals surface area contributed by atoms with Gasteiger partial charge in [0.05, 0.1) is 5.71 Å². The Morgan fingerprint density at radius 1 is 0.781 bits per heavy atom. The van der Waals surface area contributed by atoms with Gasteiger partial charge in [0.15, 0.2) is 0 Å². The van der Waals surface area contributed by atoms with Crippen molar-refractivity contribution in [3.63, 3.8) is 0 Å². The number of hydrogen-bond acceptors (Lipinski definition) is 3. The van der Waals surface area contributed by atoms with Crippen molar-refractivity contribution in [3.05, 3.63) is 113 Å². The van der Waals surface area contributed by atoms with Crippen LogP contribution in [0.25, 0.3) is 10.8 Å². The number of nitrogens with one attached hydrogen (secondary N) is 2. The predicted octanol–water partition coefficient (Wildman–Crippen LogP) is 5.90. The number of halogens is 1. The normalized spacial score (nSPS) is 11.2. The zero-order valence-electron chi connectivity index (χ0n) is 17.3. The maximum Gasteiger partial charge on any atom is 0.272 e. The highest BCUT2D eigenvalue weighted by atomic mass is 35.5. The predicted molar refractivity (Wildman–Crippen MR) is 129 cm³/mol. The summed E-state index contributed by atoms with van der Waals surface area (Å²) < 4.78 is 0. The summed E-state index contributed by atoms with van der Waals surface area (Å²) >= 11 is 5.88. The van der Waals surface area contributed by atoms with Crippen LogP contribution < -0.4 is 10.7 Å². The maximum absolute atomic E-state index is 12.7. The van der Waals surface area contributed by atoms with Crippen LogP contribution in [0.1, 0.15) is 33.2 Å². The van der Waals surface area contributed by atoms with Crippen LogP contribution in [0.5, 0.6) is 0 Å². The SMILES string of the molecule is CC(=NNC(=O)c1cccc2ccccc12)c1cccc(NC(=O)c2ccc(Cl)cc2)c1. The fourth-order valence-electron chi connectivity index (χ4n) is 3.31. The van der Waals surface area contributed by atoms with Crippen LogP contribution in [0.15, 0.2) is 96.1 Å². The second-order valence-corrected chi connectivity index (χ2v) is 7.64. The van der Waals surface area contributed by atoms with E-state index in [1.54, 1.807) is 49.4 Å². The van der Waals surface area contributed by atoms with E-state index in [1.165, 1.54) is 0 Å². The highest BCUT2D eigenvalue weighted by molar-refractivity contribution is 6.30. The van der Waals surface area contributed by atoms with Gasteiger partial charge in [0, 0.05) is 21.8 Å². The van der Waals surface area contributed by atoms with Crippen LogP contribution in [0.3, 0.4) is 0 Å². The third kappa shape index (κ3) is 4.85. The van der Waals surface area contributed by atoms with E-state index in [0.717, 1.165) is 16.3 Å². The second kappa shape index (κ2) is 9.45. The van der Waals surface area contributed by atoms with Gasteiger partial charge < -0.3 is 5.32 Å². The van der Waals surface area contributed by atoms with Crippen LogP contribution in [-0.4, -0.2) is 17.5 Å². The third-order valence-corrected chi connectivity index (χ3v) is 5.26. The molecule has 0 unspecified atom stereocenters. The summed E-state index contributed by atoms with van der Waals surface area (Å²) in [6.07, 6.45) is 0. The van der Waals surface area contributed by atoms with E-state index in [2.05, 4.69) is 15.8 Å². The Morgan fingerprint density at radius 2 is 1.50 bits per heavy atom. The Morgan fingerprint density at radius 3 is 2.31 bits per heavy atom. The number of anilines is 1. The molecule has 2 amide bonds. The first-order valence-electron chi connectivity index (χ1n) is 10.0. The average Bonchev–Trinajstić information content (AvgIpc) is 2.82. The summed E-state index contributed by atoms with van der Waals surface area (Å²) in [7, 11) is 0. The van der Waals surface area contributed by atoms with Crippen molar-refractivity contribution < 1.29 is 9.59 Å². The minimum atomic E-state index is -0.284. The Kier molecular flexibility index (Phi) is 6.29. The van der Waals surface area contributed by atoms with Gasteiger partial charge in [-0.15, -0.1) is 0 Å². The van der Waals surface area contributed by atoms with E-state index >= 15 is 0 Å². The molecule has 0 heterocycles. The number of nitrogens with zero attached hydrogens (tertiary/aromatic N) is 1. The lowest BCUT2D eigenvalue weighted by molar-refractivity contribution is 0.0955. The van der Waals surface area contributed by atoms with Gasteiger partial charge in [0.25, 0.3) is 11.8 Å². The molecule has 4 rings (SSSR count). The molecule has 0 saturated heterocycles. The van der Waals surface area contributed by atoms with Crippen molar-refractivity contribution in [1.29, 1.82) is 0 Å². The largest absolute Gasteiger partial charge is 0.322 e. The molecule has 0 radical (unpaired) electrons. The smallest absolute Gasteiger partial charge is 0.272 e. The summed E-state index contributed by atoms with van der Waals surface area (Å²) in [5.74, 6) is -0.522. The number of benzene rings is 4. The van der Waals surface area contributed by atoms with E-state index in [1.807, 2.05) is 48.5 Å². The summed E-state index contributed by atoms with van der Waals surface area (Å²) in [4.78, 5) is 25.1. The van der Waals surface area contributed by atoms with Gasteiger partial charge in [-0.3, -0.25) is 9.59 Å². The Bertz CT molecular complexity index is 1330. The molecule has 0 aromatic heterocycles. The lowest BCUT2D eigenvalue weighted by Crippen LogP contribution is -2.19. The lowest BCUT2D eigenvalue weighted by atomic mass is 10.0. The fraction of sp³-hybridized carbons (Fsp3) is 0.0385. The van der Waals surface area contributed by atoms with Crippen LogP contribution >= 0.6 is 11.6 Å². The fourth-order valence-corrected chi connectivity index (χ4v) is 3.44. The van der Waals surface area contributed by atoms with Crippen molar-refractivity contribution in [2.75, 3.05) is 5.32 Å². The number of carbonyl (C=O) groups is 2. The first-order chi connectivity index (χ1) is 15.5. The van der Waals surface area contributed by atoms with Crippen LogP contribution in [-0.2, 0) is 0 Å². The molecule has 6 heteroatoms. The molecular weight excluding hydrogens is 422 g/mol. The number of carbonyl (C=O) groups excluding carboxylic acids is 2. The maximum atomic E-state index is 12.7. The van der Waals surface area contributed by atoms with Crippen LogP contribution in [0, 0.1) is 0 Å². The summed E-state index contributed by atoms with van der Waals surface area (Å²) in [5.41, 5.74) is 5.71. The molecule has 2 N–H and O–H groups in total. The molecule has 0 fully saturated rings. The molecule has 4 aromatic carbocycles. The van der Waals surface area contributed by atoms with Gasteiger partial charge in [0.2, 0.25) is 0 Å². The molecule has 0 aliphatic carbocycles. The number of fused-ring (bicyclic) bond motifs is 1. The van der Waals surface area contributed by atoms with Crippen molar-refractivity contribution in [3.8, 4) is 0 Å². The van der Waals surface area contributed by atoms with Gasteiger partial charge in [0.1, 0.15) is 0 Å². The van der Waals surface area contributed by atoms with Crippen molar-refractivity contribution >= 4 is 45.6 Å². The molecule has 0 saturated carbocycles. The summed E-state index contributed by atoms with van der Waals surface area (Å²) in [5, 5.41) is 9.54. The molecule has 32 heavy (non-hydrogen) atoms. The molecular formula is C26H20ClN3O2. The number of amides is 2. The van der Waals surface area contributed by atoms with Gasteiger partial charge in [-0.05, 0) is 65.7 Å². The molecule has 5 nitrogen and oxygen atoms in total. The topological polar surface area (TPSA) is 70.6 Å². The first kappa shape index (κ1) is 21.3. The number of rotatable bonds is 5. The molecule has 0 atom stereocenters. The average molecular weight is 442 g/mol. The van der Waals surface area contributed by atoms with Crippen molar-refractivity contribution in [1.82, 2.24) is 5.43 Å². The molecule has 0 spiro atoms. The van der Waals surface area contributed by atoms with Crippen LogP contribution in [0.2, 0.25) is 5.02 Å². The van der Waals surface area contributed by atoms with E-state index < -0.39 is 0 Å². The summed E-state index contributed by atoms with van der Waals surface area (Å²) in [6.45, 7) is 1.80. The number of hydrogen-bond donors (Lipinski definition) is 2. The van der Waals surface area contributed by atoms with Gasteiger partial charge in [-0.1, -0.05) is 60.1 Å². The monoisotopic (exact) mass is 441 g/mol. The highest BCUT2D eigenvalue weighted by Crippen LogP contribution is 2.19. The first-order valence-corrected chi connectivity index (χ1v) is 10.4. The third-order valence-electron chi connectivity index (χ3n) is 5.00. The van der Waals surface area contributed by atoms with E-state index in [0.29, 0.717) is 27.5 Å². The Hall–Kier alpha value is -3.96. The Balaban J connectivity index is 1.48. The van der Waals surface area contributed by atoms with Gasteiger partial charge in [-0.25, -0.2) is 5.43 Å². The zero-order chi connectivity index (χ0) is 22.5. The molecule has 0 aliphatic rings. The Labute approximate surface area is 190 Å². The standard InChI is InChI=1S/C26H20ClN3O2/c1-17(29-30-26(32)24-11-5-7-18-6-2-3-10-23(18)24)20-8-4-9-22(16-20)28-25(31)19-12-14-21(27)15-13-19/h2-16H,1H3,(H,28,31)(H,30,32). The van der Waals surface area contributed by atoms with E-state index in [-0.39, 0.29) is 11.8 Å². The van der Waals surface area contributed by atoms with E-state index in [4.69, 9.17) is 11.6 Å². The van der Waals surface area contributed by atoms with E-state index in [9.17, 15) is 9.59 Å². The zero-order valence-corrected chi connectivity index (χ0v) is 18.1. The molecule has 0 aliphatic heterocycles. The molecule has 0 bridgehead atoms. The van der Waals surface area contributed by atoms with Gasteiger partial charge >= 0.3 is 0 Å². The van der Waals surface area contributed by atoms with Gasteiger partial charge in [-0.2, -0.15) is 5.10 Å².